The molecule has 0 fully saturated rings. The highest BCUT2D eigenvalue weighted by Gasteiger charge is 2.08. The van der Waals surface area contributed by atoms with Crippen LogP contribution < -0.4 is 11.1 Å². The smallest absolute Gasteiger partial charge is 0.170 e. The molecular weight excluding hydrogens is 262 g/mol. The third kappa shape index (κ3) is 5.40. The highest BCUT2D eigenvalue weighted by Crippen LogP contribution is 2.09. The predicted molar refractivity (Wildman–Crippen MR) is 78.8 cm³/mol. The number of amidine groups is 1. The molecule has 0 aromatic heterocycles. The highest BCUT2D eigenvalue weighted by molar-refractivity contribution is 7.84. The molecule has 0 saturated carbocycles. The van der Waals surface area contributed by atoms with Crippen molar-refractivity contribution in [3.8, 4) is 0 Å². The summed E-state index contributed by atoms with van der Waals surface area (Å²) < 4.78 is 11.0. The first-order valence-electron chi connectivity index (χ1n) is 6.13. The molecule has 2 atom stereocenters. The number of oxime groups is 1. The van der Waals surface area contributed by atoms with Crippen molar-refractivity contribution in [1.29, 1.82) is 0 Å². The minimum Gasteiger partial charge on any atom is -0.409 e. The van der Waals surface area contributed by atoms with Gasteiger partial charge in [-0.25, -0.2) is 0 Å². The Morgan fingerprint density at radius 2 is 2.21 bits per heavy atom. The average molecular weight is 283 g/mol. The average Bonchev–Trinajstić information content (AvgIpc) is 2.42. The molecule has 19 heavy (non-hydrogen) atoms. The lowest BCUT2D eigenvalue weighted by atomic mass is 10.1. The molecule has 0 saturated heterocycles. The zero-order valence-electron chi connectivity index (χ0n) is 11.3. The quantitative estimate of drug-likeness (QED) is 0.302. The predicted octanol–water partition coefficient (Wildman–Crippen LogP) is 1.03. The monoisotopic (exact) mass is 283 g/mol. The van der Waals surface area contributed by atoms with Crippen molar-refractivity contribution < 1.29 is 9.42 Å². The molecule has 1 aromatic carbocycles. The maximum Gasteiger partial charge on any atom is 0.170 e. The minimum atomic E-state index is -0.760. The van der Waals surface area contributed by atoms with Gasteiger partial charge in [-0.1, -0.05) is 29.4 Å². The summed E-state index contributed by atoms with van der Waals surface area (Å²) in [4.78, 5) is 0. The topological polar surface area (TPSA) is 87.7 Å². The number of rotatable bonds is 7. The van der Waals surface area contributed by atoms with Crippen LogP contribution in [0.5, 0.6) is 0 Å². The first-order chi connectivity index (χ1) is 9.04. The first kappa shape index (κ1) is 15.7. The number of hydrogen-bond donors (Lipinski definition) is 3. The summed E-state index contributed by atoms with van der Waals surface area (Å²) >= 11 is 0. The summed E-state index contributed by atoms with van der Waals surface area (Å²) in [5.74, 6) is 0.801. The lowest BCUT2D eigenvalue weighted by Crippen LogP contribution is -2.28. The zero-order chi connectivity index (χ0) is 14.3. The van der Waals surface area contributed by atoms with Gasteiger partial charge >= 0.3 is 0 Å². The van der Waals surface area contributed by atoms with Crippen molar-refractivity contribution in [2.24, 2.45) is 10.9 Å². The number of nitrogens with two attached hydrogens (primary N) is 1. The minimum absolute atomic E-state index is 0.111. The van der Waals surface area contributed by atoms with Crippen LogP contribution in [-0.2, 0) is 17.3 Å². The van der Waals surface area contributed by atoms with Crippen LogP contribution in [0.4, 0.5) is 0 Å². The molecule has 0 aliphatic carbocycles. The Morgan fingerprint density at radius 3 is 2.84 bits per heavy atom. The third-order valence-electron chi connectivity index (χ3n) is 2.88. The second-order valence-corrected chi connectivity index (χ2v) is 6.04. The second kappa shape index (κ2) is 7.91. The van der Waals surface area contributed by atoms with Gasteiger partial charge in [-0.3, -0.25) is 4.21 Å². The molecule has 0 aliphatic heterocycles. The molecule has 0 heterocycles. The molecule has 0 aliphatic rings. The molecule has 1 aromatic rings. The van der Waals surface area contributed by atoms with E-state index in [0.29, 0.717) is 12.3 Å². The van der Waals surface area contributed by atoms with Crippen LogP contribution >= 0.6 is 0 Å². The Balaban J connectivity index is 2.60. The van der Waals surface area contributed by atoms with Gasteiger partial charge in [0.15, 0.2) is 5.84 Å². The Kier molecular flexibility index (Phi) is 6.52. The molecule has 0 amide bonds. The van der Waals surface area contributed by atoms with Crippen LogP contribution in [0.3, 0.4) is 0 Å². The van der Waals surface area contributed by atoms with Crippen LogP contribution in [0.15, 0.2) is 29.4 Å². The van der Waals surface area contributed by atoms with E-state index >= 15 is 0 Å². The Morgan fingerprint density at radius 1 is 1.53 bits per heavy atom. The van der Waals surface area contributed by atoms with Gasteiger partial charge in [0, 0.05) is 41.0 Å². The summed E-state index contributed by atoms with van der Waals surface area (Å²) in [5, 5.41) is 15.1. The van der Waals surface area contributed by atoms with Crippen LogP contribution in [-0.4, -0.2) is 33.3 Å². The van der Waals surface area contributed by atoms with Gasteiger partial charge in [-0.2, -0.15) is 0 Å². The second-order valence-electron chi connectivity index (χ2n) is 4.49. The lowest BCUT2D eigenvalue weighted by Gasteiger charge is -2.15. The molecule has 0 bridgehead atoms. The van der Waals surface area contributed by atoms with Gasteiger partial charge in [0.25, 0.3) is 0 Å². The normalized spacial score (nSPS) is 15.2. The number of nitrogens with zero attached hydrogens (tertiary/aromatic N) is 1. The highest BCUT2D eigenvalue weighted by atomic mass is 32.2. The first-order valence-corrected chi connectivity index (χ1v) is 7.86. The van der Waals surface area contributed by atoms with Crippen LogP contribution in [0.2, 0.25) is 0 Å². The maximum atomic E-state index is 11.0. The third-order valence-corrected chi connectivity index (χ3v) is 3.69. The van der Waals surface area contributed by atoms with Crippen molar-refractivity contribution in [2.45, 2.75) is 25.9 Å². The maximum absolute atomic E-state index is 11.0. The SMILES string of the molecule is CC(CCS(C)=O)NCc1ccccc1/C(N)=N/O. The lowest BCUT2D eigenvalue weighted by molar-refractivity contribution is 0.318. The molecule has 2 unspecified atom stereocenters. The number of nitrogens with one attached hydrogen (secondary N) is 1. The van der Waals surface area contributed by atoms with Crippen molar-refractivity contribution in [3.63, 3.8) is 0 Å². The van der Waals surface area contributed by atoms with Crippen molar-refractivity contribution >= 4 is 16.6 Å². The molecule has 106 valence electrons. The molecule has 4 N–H and O–H groups in total. The summed E-state index contributed by atoms with van der Waals surface area (Å²) in [6.45, 7) is 2.68. The molecule has 0 radical (unpaired) electrons. The Hall–Kier alpha value is -1.40. The van der Waals surface area contributed by atoms with Gasteiger partial charge in [0.05, 0.1) is 0 Å². The van der Waals surface area contributed by atoms with Gasteiger partial charge in [-0.05, 0) is 18.9 Å². The number of hydrogen-bond acceptors (Lipinski definition) is 4. The van der Waals surface area contributed by atoms with Crippen LogP contribution in [0, 0.1) is 0 Å². The standard InChI is InChI=1S/C13H21N3O2S/c1-10(7-8-19(2)18)15-9-11-5-3-4-6-12(11)13(14)16-17/h3-6,10,15,17H,7-9H2,1-2H3,(H2,14,16). The van der Waals surface area contributed by atoms with Crippen LogP contribution in [0.1, 0.15) is 24.5 Å². The van der Waals surface area contributed by atoms with E-state index in [1.54, 1.807) is 6.26 Å². The van der Waals surface area contributed by atoms with Gasteiger partial charge < -0.3 is 16.3 Å². The van der Waals surface area contributed by atoms with Gasteiger partial charge in [-0.15, -0.1) is 0 Å². The van der Waals surface area contributed by atoms with E-state index in [0.717, 1.165) is 17.5 Å². The zero-order valence-corrected chi connectivity index (χ0v) is 12.1. The van der Waals surface area contributed by atoms with Gasteiger partial charge in [0.2, 0.25) is 0 Å². The largest absolute Gasteiger partial charge is 0.409 e. The molecule has 6 heteroatoms. The van der Waals surface area contributed by atoms with Crippen molar-refractivity contribution in [1.82, 2.24) is 5.32 Å². The van der Waals surface area contributed by atoms with Crippen molar-refractivity contribution in [3.05, 3.63) is 35.4 Å². The number of benzene rings is 1. The van der Waals surface area contributed by atoms with Gasteiger partial charge in [0.1, 0.15) is 0 Å². The molecular formula is C13H21N3O2S. The van der Waals surface area contributed by atoms with E-state index in [9.17, 15) is 4.21 Å². The van der Waals surface area contributed by atoms with E-state index in [4.69, 9.17) is 10.9 Å². The van der Waals surface area contributed by atoms with Crippen LogP contribution in [0.25, 0.3) is 0 Å². The van der Waals surface area contributed by atoms with E-state index < -0.39 is 10.8 Å². The summed E-state index contributed by atoms with van der Waals surface area (Å²) in [7, 11) is -0.760. The molecule has 1 rings (SSSR count). The molecule has 0 spiro atoms. The fourth-order valence-corrected chi connectivity index (χ4v) is 2.39. The summed E-state index contributed by atoms with van der Waals surface area (Å²) in [6.07, 6.45) is 2.56. The van der Waals surface area contributed by atoms with E-state index in [1.807, 2.05) is 24.3 Å². The van der Waals surface area contributed by atoms with E-state index in [1.165, 1.54) is 0 Å². The Bertz CT molecular complexity index is 463. The fraction of sp³-hybridized carbons (Fsp3) is 0.462. The summed E-state index contributed by atoms with van der Waals surface area (Å²) in [5.41, 5.74) is 7.33. The Labute approximate surface area is 116 Å². The van der Waals surface area contributed by atoms with Crippen molar-refractivity contribution in [2.75, 3.05) is 12.0 Å². The fourth-order valence-electron chi connectivity index (χ4n) is 1.71. The van der Waals surface area contributed by atoms with E-state index in [2.05, 4.69) is 17.4 Å². The molecule has 5 nitrogen and oxygen atoms in total. The summed E-state index contributed by atoms with van der Waals surface area (Å²) in [6, 6.07) is 7.78. The van der Waals surface area contributed by atoms with E-state index in [-0.39, 0.29) is 11.9 Å².